The number of rotatable bonds is 11. The average Bonchev–Trinajstić information content (AvgIpc) is 4.23. The molecule has 0 radical (unpaired) electrons. The topological polar surface area (TPSA) is 167 Å². The van der Waals surface area contributed by atoms with Gasteiger partial charge >= 0.3 is 5.97 Å². The maximum atomic E-state index is 15.2. The number of benzene rings is 2. The third-order valence-corrected chi connectivity index (χ3v) is 16.6. The quantitative estimate of drug-likeness (QED) is 0.151. The summed E-state index contributed by atoms with van der Waals surface area (Å²) in [7, 11) is -0.959. The number of hydrogen-bond donors (Lipinski definition) is 1. The van der Waals surface area contributed by atoms with Gasteiger partial charge in [0.15, 0.2) is 17.3 Å². The molecule has 1 unspecified atom stereocenters. The summed E-state index contributed by atoms with van der Waals surface area (Å²) < 4.78 is 66.8. The second-order valence-corrected chi connectivity index (χ2v) is 21.5. The summed E-state index contributed by atoms with van der Waals surface area (Å²) in [6, 6.07) is 10.7. The minimum atomic E-state index is -3.90. The number of carbonyl (C=O) groups excluding carboxylic acids is 4. The fourth-order valence-electron chi connectivity index (χ4n) is 10.7. The van der Waals surface area contributed by atoms with Gasteiger partial charge in [-0.25, -0.2) is 17.8 Å². The van der Waals surface area contributed by atoms with Gasteiger partial charge in [0, 0.05) is 23.8 Å². The molecule has 9 rings (SSSR count). The second kappa shape index (κ2) is 17.4. The van der Waals surface area contributed by atoms with Crippen molar-refractivity contribution in [3.8, 4) is 28.6 Å². The molecule has 342 valence electrons. The van der Waals surface area contributed by atoms with Crippen LogP contribution in [0.2, 0.25) is 0 Å². The molecule has 1 saturated heterocycles. The Morgan fingerprint density at radius 3 is 2.44 bits per heavy atom. The number of carbonyl (C=O) groups is 4. The van der Waals surface area contributed by atoms with E-state index in [0.29, 0.717) is 71.7 Å². The lowest BCUT2D eigenvalue weighted by atomic mass is 9.82. The predicted octanol–water partition coefficient (Wildman–Crippen LogP) is 7.34. The number of pyridine rings is 1. The van der Waals surface area contributed by atoms with Gasteiger partial charge in [-0.15, -0.1) is 0 Å². The molecule has 0 spiro atoms. The van der Waals surface area contributed by atoms with Crippen molar-refractivity contribution < 1.29 is 50.9 Å². The normalized spacial score (nSPS) is 32.0. The molecule has 10 atom stereocenters. The molecule has 3 heterocycles. The van der Waals surface area contributed by atoms with Crippen LogP contribution in [0.15, 0.2) is 54.6 Å². The average molecular weight is 900 g/mol. The lowest BCUT2D eigenvalue weighted by Crippen LogP contribution is -2.47. The molecule has 5 fully saturated rings. The minimum Gasteiger partial charge on any atom is -0.497 e. The van der Waals surface area contributed by atoms with Crippen molar-refractivity contribution in [3.05, 3.63) is 60.4 Å². The summed E-state index contributed by atoms with van der Waals surface area (Å²) in [6.45, 7) is 4.09. The Kier molecular flexibility index (Phi) is 12.0. The van der Waals surface area contributed by atoms with Crippen molar-refractivity contribution in [1.29, 1.82) is 0 Å². The molecule has 2 aliphatic heterocycles. The molecule has 13 nitrogen and oxygen atoms in total. The van der Waals surface area contributed by atoms with Gasteiger partial charge < -0.3 is 23.8 Å². The summed E-state index contributed by atoms with van der Waals surface area (Å²) in [5.41, 5.74) is -0.433. The van der Waals surface area contributed by atoms with E-state index in [2.05, 4.69) is 11.6 Å². The highest BCUT2D eigenvalue weighted by atomic mass is 32.2. The van der Waals surface area contributed by atoms with Gasteiger partial charge in [-0.1, -0.05) is 26.0 Å². The lowest BCUT2D eigenvalue weighted by Gasteiger charge is -2.32. The number of nitrogens with zero attached hydrogens (tertiary/aromatic N) is 2. The summed E-state index contributed by atoms with van der Waals surface area (Å²) in [5.74, 6) is -1.58. The largest absolute Gasteiger partial charge is 0.497 e. The number of Topliss-reactive ketones (excluding diaryl/α,β-unsaturated/α-hetero) is 1. The van der Waals surface area contributed by atoms with E-state index >= 15 is 9.18 Å². The van der Waals surface area contributed by atoms with Crippen LogP contribution >= 0.6 is 0 Å². The Morgan fingerprint density at radius 2 is 1.72 bits per heavy atom. The van der Waals surface area contributed by atoms with Crippen molar-refractivity contribution in [3.63, 3.8) is 0 Å². The molecule has 6 aliphatic rings. The third-order valence-electron chi connectivity index (χ3n) is 14.8. The number of aromatic nitrogens is 1. The molecule has 2 aromatic carbocycles. The number of ketones is 1. The highest BCUT2D eigenvalue weighted by Crippen LogP contribution is 2.57. The third kappa shape index (κ3) is 9.10. The SMILES string of the molecule is COc1ccc2c(O[C@@H]3C[C@H]4C(=O)C[C@]5(C(=O)NS(=O)(=O)C6CC6)C[C@H]5/C=C\CC[C@H](C)C[C@@H](C)[C@H](CC(=O)OC5C[C@@H]6C[C@@H]6C5)C(=O)N4C3)nc(-c3ccc(OC)c(F)c3)cc2c1. The Balaban J connectivity index is 1.06. The van der Waals surface area contributed by atoms with Crippen LogP contribution in [-0.4, -0.2) is 86.1 Å². The summed E-state index contributed by atoms with van der Waals surface area (Å²) in [5, 5.41) is 0.686. The van der Waals surface area contributed by atoms with Crippen molar-refractivity contribution in [2.24, 2.45) is 40.9 Å². The number of amides is 2. The first-order valence-corrected chi connectivity index (χ1v) is 24.4. The highest BCUT2D eigenvalue weighted by Gasteiger charge is 2.62. The van der Waals surface area contributed by atoms with Crippen LogP contribution in [0.4, 0.5) is 4.39 Å². The van der Waals surface area contributed by atoms with Crippen LogP contribution in [0, 0.1) is 46.7 Å². The van der Waals surface area contributed by atoms with E-state index in [1.165, 1.54) is 30.6 Å². The van der Waals surface area contributed by atoms with Crippen LogP contribution in [0.5, 0.6) is 17.4 Å². The molecule has 4 aliphatic carbocycles. The fraction of sp³-hybridized carbons (Fsp3) is 0.571. The van der Waals surface area contributed by atoms with E-state index in [0.717, 1.165) is 19.3 Å². The summed E-state index contributed by atoms with van der Waals surface area (Å²) in [6.07, 6.45) is 8.95. The smallest absolute Gasteiger partial charge is 0.306 e. The molecule has 1 aromatic heterocycles. The van der Waals surface area contributed by atoms with Crippen molar-refractivity contribution in [2.45, 2.75) is 114 Å². The molecule has 0 bridgehead atoms. The Hall–Kier alpha value is -5.05. The van der Waals surface area contributed by atoms with E-state index in [1.807, 2.05) is 25.1 Å². The maximum absolute atomic E-state index is 15.2. The number of esters is 1. The van der Waals surface area contributed by atoms with Gasteiger partial charge in [0.2, 0.25) is 27.7 Å². The van der Waals surface area contributed by atoms with Gasteiger partial charge in [-0.3, -0.25) is 23.9 Å². The number of ether oxygens (including phenoxy) is 4. The monoisotopic (exact) mass is 899 g/mol. The van der Waals surface area contributed by atoms with E-state index < -0.39 is 56.4 Å². The van der Waals surface area contributed by atoms with E-state index in [4.69, 9.17) is 23.9 Å². The molecular formula is C49H58FN3O10S. The number of hydrogen-bond acceptors (Lipinski definition) is 11. The number of nitrogens with one attached hydrogen (secondary N) is 1. The number of sulfonamides is 1. The summed E-state index contributed by atoms with van der Waals surface area (Å²) in [4.78, 5) is 64.2. The van der Waals surface area contributed by atoms with Crippen molar-refractivity contribution in [2.75, 3.05) is 20.8 Å². The van der Waals surface area contributed by atoms with Crippen LogP contribution in [0.3, 0.4) is 0 Å². The van der Waals surface area contributed by atoms with E-state index in [1.54, 1.807) is 31.4 Å². The molecule has 1 N–H and O–H groups in total. The first kappa shape index (κ1) is 44.2. The van der Waals surface area contributed by atoms with Gasteiger partial charge in [-0.2, -0.15) is 0 Å². The zero-order valence-corrected chi connectivity index (χ0v) is 37.7. The first-order chi connectivity index (χ1) is 30.6. The number of fused-ring (bicyclic) bond motifs is 4. The number of allylic oxidation sites excluding steroid dienone is 2. The standard InChI is InChI=1S/C49H58FN3O10S/c1-27-7-5-6-8-33-24-49(33,48(57)52-64(58,59)37-11-12-37)25-43(54)42-22-36(26-53(42)47(56)39(28(2)15-27)23-45(55)62-35-17-30-16-31(30)18-35)63-46-38-13-10-34(60-3)19-32(38)21-41(51-46)29-9-14-44(61-4)40(50)20-29/h6,8-10,13-14,19-21,27-28,30-31,33,35-37,39,42H,5,7,11-12,15-18,22-26H2,1-4H3,(H,52,57)/b8-6-/t27-,28+,30-,31+,33+,35?,36+,39-,42-,49+/m0/s1. The highest BCUT2D eigenvalue weighted by molar-refractivity contribution is 7.90. The van der Waals surface area contributed by atoms with Gasteiger partial charge in [0.1, 0.15) is 18.0 Å². The van der Waals surface area contributed by atoms with E-state index in [9.17, 15) is 22.8 Å². The molecule has 15 heteroatoms. The minimum absolute atomic E-state index is 0.0195. The maximum Gasteiger partial charge on any atom is 0.306 e. The zero-order valence-electron chi connectivity index (χ0n) is 36.9. The molecular weight excluding hydrogens is 842 g/mol. The van der Waals surface area contributed by atoms with Crippen LogP contribution in [-0.2, 0) is 33.9 Å². The summed E-state index contributed by atoms with van der Waals surface area (Å²) >= 11 is 0. The molecule has 4 saturated carbocycles. The van der Waals surface area contributed by atoms with Crippen molar-refractivity contribution >= 4 is 44.4 Å². The lowest BCUT2D eigenvalue weighted by molar-refractivity contribution is -0.155. The zero-order chi connectivity index (χ0) is 45.1. The van der Waals surface area contributed by atoms with Crippen LogP contribution < -0.4 is 18.9 Å². The van der Waals surface area contributed by atoms with Crippen molar-refractivity contribution in [1.82, 2.24) is 14.6 Å². The Bertz CT molecular complexity index is 2480. The number of methoxy groups -OCH3 is 2. The second-order valence-electron chi connectivity index (χ2n) is 19.5. The first-order valence-electron chi connectivity index (χ1n) is 22.9. The molecule has 3 aromatic rings. The van der Waals surface area contributed by atoms with Gasteiger partial charge in [0.25, 0.3) is 0 Å². The predicted molar refractivity (Wildman–Crippen MR) is 235 cm³/mol. The Labute approximate surface area is 373 Å². The van der Waals surface area contributed by atoms with E-state index in [-0.39, 0.29) is 73.0 Å². The molecule has 64 heavy (non-hydrogen) atoms. The van der Waals surface area contributed by atoms with Crippen LogP contribution in [0.1, 0.15) is 90.9 Å². The van der Waals surface area contributed by atoms with Gasteiger partial charge in [0.05, 0.1) is 55.5 Å². The van der Waals surface area contributed by atoms with Crippen LogP contribution in [0.25, 0.3) is 22.0 Å². The van der Waals surface area contributed by atoms with Gasteiger partial charge in [-0.05, 0) is 135 Å². The number of halogens is 1. The Morgan fingerprint density at radius 1 is 0.938 bits per heavy atom. The fourth-order valence-corrected chi connectivity index (χ4v) is 12.1. The molecule has 2 amide bonds.